The van der Waals surface area contributed by atoms with Gasteiger partial charge in [0.1, 0.15) is 6.10 Å². The zero-order valence-electron chi connectivity index (χ0n) is 18.3. The van der Waals surface area contributed by atoms with Gasteiger partial charge in [0.2, 0.25) is 5.91 Å². The second-order valence-corrected chi connectivity index (χ2v) is 9.13. The Balaban J connectivity index is 2.00. The number of rotatable bonds is 13. The largest absolute Gasteiger partial charge is 0.497 e. The molecule has 1 heterocycles. The van der Waals surface area contributed by atoms with E-state index in [0.717, 1.165) is 50.1 Å². The molecule has 0 radical (unpaired) electrons. The van der Waals surface area contributed by atoms with Gasteiger partial charge in [-0.2, -0.15) is 13.2 Å². The van der Waals surface area contributed by atoms with Crippen molar-refractivity contribution in [1.29, 1.82) is 0 Å². The summed E-state index contributed by atoms with van der Waals surface area (Å²) in [6, 6.07) is 0. The van der Waals surface area contributed by atoms with Crippen LogP contribution >= 0.6 is 11.8 Å². The lowest BCUT2D eigenvalue weighted by Gasteiger charge is -2.45. The van der Waals surface area contributed by atoms with E-state index in [4.69, 9.17) is 9.47 Å². The highest BCUT2D eigenvalue weighted by atomic mass is 32.2. The first-order valence-corrected chi connectivity index (χ1v) is 12.2. The molecule has 1 saturated carbocycles. The number of unbranched alkanes of at least 4 members (excludes halogenated alkanes) is 1. The molecule has 5 nitrogen and oxygen atoms in total. The van der Waals surface area contributed by atoms with E-state index in [2.05, 4.69) is 12.2 Å². The maximum absolute atomic E-state index is 13.5. The van der Waals surface area contributed by atoms with Gasteiger partial charge in [-0.15, -0.1) is 0 Å². The Hall–Kier alpha value is -1.22. The number of alkyl halides is 3. The molecule has 31 heavy (non-hydrogen) atoms. The molecule has 1 aliphatic heterocycles. The molecule has 0 aromatic carbocycles. The molecule has 0 bridgehead atoms. The normalized spacial score (nSPS) is 27.9. The van der Waals surface area contributed by atoms with Crippen LogP contribution in [-0.4, -0.2) is 48.8 Å². The summed E-state index contributed by atoms with van der Waals surface area (Å²) in [5.74, 6) is -0.746. The number of nitrogens with one attached hydrogen (secondary N) is 1. The van der Waals surface area contributed by atoms with Gasteiger partial charge in [-0.1, -0.05) is 44.9 Å². The Kier molecular flexibility index (Phi) is 10.7. The van der Waals surface area contributed by atoms with Gasteiger partial charge in [0.25, 0.3) is 0 Å². The van der Waals surface area contributed by atoms with Crippen LogP contribution in [0.4, 0.5) is 13.2 Å². The zero-order chi connectivity index (χ0) is 22.9. The SMILES string of the molecule is CCCCC1C(OCCCNC(=O)CSC=O)C(CCC)CC2C(C(F)(F)F)=COC21. The molecule has 1 aliphatic carbocycles. The Bertz CT molecular complexity index is 614. The van der Waals surface area contributed by atoms with Gasteiger partial charge in [-0.3, -0.25) is 9.59 Å². The molecule has 0 aromatic rings. The number of carbonyl (C=O) groups is 2. The van der Waals surface area contributed by atoms with Gasteiger partial charge in [-0.25, -0.2) is 0 Å². The summed E-state index contributed by atoms with van der Waals surface area (Å²) in [7, 11) is 0. The van der Waals surface area contributed by atoms with E-state index in [1.165, 1.54) is 0 Å². The van der Waals surface area contributed by atoms with Crippen LogP contribution in [0.1, 0.15) is 58.8 Å². The van der Waals surface area contributed by atoms with Crippen molar-refractivity contribution in [3.63, 3.8) is 0 Å². The van der Waals surface area contributed by atoms with Crippen LogP contribution in [0.15, 0.2) is 11.8 Å². The molecule has 9 heteroatoms. The minimum Gasteiger partial charge on any atom is -0.497 e. The molecule has 5 unspecified atom stereocenters. The Morgan fingerprint density at radius 3 is 2.71 bits per heavy atom. The van der Waals surface area contributed by atoms with E-state index < -0.39 is 23.8 Å². The van der Waals surface area contributed by atoms with Crippen LogP contribution in [-0.2, 0) is 19.1 Å². The fourth-order valence-corrected chi connectivity index (χ4v) is 5.13. The molecular weight excluding hydrogens is 431 g/mol. The summed E-state index contributed by atoms with van der Waals surface area (Å²) in [6.45, 7) is 4.97. The van der Waals surface area contributed by atoms with Crippen molar-refractivity contribution in [1.82, 2.24) is 5.32 Å². The van der Waals surface area contributed by atoms with Gasteiger partial charge in [0, 0.05) is 25.0 Å². The number of halogens is 3. The summed E-state index contributed by atoms with van der Waals surface area (Å²) >= 11 is 0.904. The molecule has 0 aromatic heterocycles. The number of ether oxygens (including phenoxy) is 2. The topological polar surface area (TPSA) is 64.6 Å². The predicted molar refractivity (Wildman–Crippen MR) is 115 cm³/mol. The fourth-order valence-electron chi connectivity index (χ4n) is 4.81. The van der Waals surface area contributed by atoms with E-state index in [9.17, 15) is 22.8 Å². The average Bonchev–Trinajstić information content (AvgIpc) is 3.15. The molecule has 178 valence electrons. The van der Waals surface area contributed by atoms with E-state index >= 15 is 0 Å². The Morgan fingerprint density at radius 2 is 2.06 bits per heavy atom. The van der Waals surface area contributed by atoms with Gasteiger partial charge in [0.15, 0.2) is 5.62 Å². The van der Waals surface area contributed by atoms with Crippen molar-refractivity contribution < 1.29 is 32.2 Å². The van der Waals surface area contributed by atoms with E-state index in [0.29, 0.717) is 31.6 Å². The number of amides is 1. The number of thioether (sulfide) groups is 1. The van der Waals surface area contributed by atoms with Gasteiger partial charge >= 0.3 is 6.18 Å². The highest BCUT2D eigenvalue weighted by Gasteiger charge is 2.54. The first-order chi connectivity index (χ1) is 14.8. The monoisotopic (exact) mass is 465 g/mol. The van der Waals surface area contributed by atoms with Gasteiger partial charge < -0.3 is 14.8 Å². The Labute approximate surface area is 186 Å². The quantitative estimate of drug-likeness (QED) is 0.310. The molecule has 2 rings (SSSR count). The molecule has 5 atom stereocenters. The summed E-state index contributed by atoms with van der Waals surface area (Å²) in [5, 5.41) is 2.74. The van der Waals surface area contributed by atoms with E-state index in [1.54, 1.807) is 0 Å². The van der Waals surface area contributed by atoms with Crippen molar-refractivity contribution in [2.75, 3.05) is 18.9 Å². The maximum atomic E-state index is 13.5. The molecule has 1 fully saturated rings. The molecule has 0 spiro atoms. The zero-order valence-corrected chi connectivity index (χ0v) is 19.1. The lowest BCUT2D eigenvalue weighted by molar-refractivity contribution is -0.129. The predicted octanol–water partition coefficient (Wildman–Crippen LogP) is 4.89. The third kappa shape index (κ3) is 7.41. The number of carbonyl (C=O) groups excluding carboxylic acids is 2. The van der Waals surface area contributed by atoms with Crippen molar-refractivity contribution in [2.24, 2.45) is 17.8 Å². The van der Waals surface area contributed by atoms with Gasteiger partial charge in [-0.05, 0) is 31.6 Å². The van der Waals surface area contributed by atoms with E-state index in [-0.39, 0.29) is 29.6 Å². The average molecular weight is 466 g/mol. The first kappa shape index (κ1) is 26.0. The molecule has 2 aliphatic rings. The van der Waals surface area contributed by atoms with Crippen molar-refractivity contribution >= 4 is 23.3 Å². The highest BCUT2D eigenvalue weighted by molar-refractivity contribution is 8.12. The number of hydrogen-bond acceptors (Lipinski definition) is 5. The van der Waals surface area contributed by atoms with Crippen LogP contribution in [0.25, 0.3) is 0 Å². The summed E-state index contributed by atoms with van der Waals surface area (Å²) in [6.07, 6.45) is 1.35. The molecule has 0 saturated heterocycles. The van der Waals surface area contributed by atoms with E-state index in [1.807, 2.05) is 6.92 Å². The van der Waals surface area contributed by atoms with Crippen molar-refractivity contribution in [2.45, 2.75) is 77.2 Å². The van der Waals surface area contributed by atoms with Crippen molar-refractivity contribution in [3.05, 3.63) is 11.8 Å². The van der Waals surface area contributed by atoms with Gasteiger partial charge in [0.05, 0.1) is 23.7 Å². The van der Waals surface area contributed by atoms with Crippen LogP contribution in [0, 0.1) is 17.8 Å². The first-order valence-electron chi connectivity index (χ1n) is 11.2. The number of hydrogen-bond donors (Lipinski definition) is 1. The highest BCUT2D eigenvalue weighted by Crippen LogP contribution is 2.50. The lowest BCUT2D eigenvalue weighted by Crippen LogP contribution is -2.49. The standard InChI is InChI=1S/C22H34F3NO4S/c1-3-5-8-16-20(29-10-6-9-26-19(28)13-31-14-27)15(7-4-2)11-17-18(22(23,24)25)12-30-21(16)17/h12,14-17,20-21H,3-11,13H2,1-2H3,(H,26,28). The second kappa shape index (κ2) is 12.7. The molecule has 1 amide bonds. The summed E-state index contributed by atoms with van der Waals surface area (Å²) in [4.78, 5) is 21.9. The number of fused-ring (bicyclic) bond motifs is 1. The third-order valence-electron chi connectivity index (χ3n) is 6.13. The summed E-state index contributed by atoms with van der Waals surface area (Å²) in [5.41, 5.74) is 0.0995. The minimum absolute atomic E-state index is 0.0548. The smallest absolute Gasteiger partial charge is 0.416 e. The summed E-state index contributed by atoms with van der Waals surface area (Å²) < 4.78 is 52.4. The molecular formula is C22H34F3NO4S. The maximum Gasteiger partial charge on any atom is 0.416 e. The molecule has 1 N–H and O–H groups in total. The van der Waals surface area contributed by atoms with Crippen LogP contribution in [0.2, 0.25) is 0 Å². The fraction of sp³-hybridized carbons (Fsp3) is 0.818. The second-order valence-electron chi connectivity index (χ2n) is 8.31. The van der Waals surface area contributed by atoms with Crippen LogP contribution in [0.3, 0.4) is 0 Å². The van der Waals surface area contributed by atoms with Crippen LogP contribution in [0.5, 0.6) is 0 Å². The Morgan fingerprint density at radius 1 is 1.29 bits per heavy atom. The lowest BCUT2D eigenvalue weighted by atomic mass is 9.66. The minimum atomic E-state index is -4.36. The third-order valence-corrected chi connectivity index (χ3v) is 6.69. The van der Waals surface area contributed by atoms with Crippen LogP contribution < -0.4 is 5.32 Å². The van der Waals surface area contributed by atoms with Crippen molar-refractivity contribution in [3.8, 4) is 0 Å².